The largest absolute Gasteiger partial charge is 0.467 e. The molecule has 4 rings (SSSR count). The first-order valence-corrected chi connectivity index (χ1v) is 8.35. The van der Waals surface area contributed by atoms with Crippen LogP contribution in [0.5, 0.6) is 0 Å². The number of rotatable bonds is 3. The van der Waals surface area contributed by atoms with Crippen molar-refractivity contribution >= 4 is 23.2 Å². The van der Waals surface area contributed by atoms with Gasteiger partial charge in [-0.3, -0.25) is 4.79 Å². The summed E-state index contributed by atoms with van der Waals surface area (Å²) >= 11 is 5.92. The van der Waals surface area contributed by atoms with Crippen molar-refractivity contribution in [2.45, 2.75) is 12.5 Å². The number of halogens is 1. The first kappa shape index (κ1) is 15.7. The van der Waals surface area contributed by atoms with Crippen molar-refractivity contribution < 1.29 is 9.21 Å². The monoisotopic (exact) mass is 350 g/mol. The summed E-state index contributed by atoms with van der Waals surface area (Å²) in [6, 6.07) is 20.1. The number of carbonyl (C=O) groups is 1. The van der Waals surface area contributed by atoms with Crippen molar-refractivity contribution in [3.05, 3.63) is 94.9 Å². The Hall–Kier alpha value is -2.85. The van der Waals surface area contributed by atoms with Crippen molar-refractivity contribution in [1.82, 2.24) is 5.01 Å². The maximum absolute atomic E-state index is 13.0. The van der Waals surface area contributed by atoms with Crippen LogP contribution in [-0.4, -0.2) is 16.6 Å². The zero-order valence-corrected chi connectivity index (χ0v) is 14.1. The molecule has 0 bridgehead atoms. The Balaban J connectivity index is 1.71. The Morgan fingerprint density at radius 2 is 1.80 bits per heavy atom. The van der Waals surface area contributed by atoms with Crippen molar-refractivity contribution in [2.24, 2.45) is 5.10 Å². The zero-order valence-electron chi connectivity index (χ0n) is 13.3. The molecule has 1 aromatic heterocycles. The van der Waals surface area contributed by atoms with Gasteiger partial charge < -0.3 is 4.42 Å². The van der Waals surface area contributed by atoms with E-state index in [2.05, 4.69) is 5.10 Å². The smallest absolute Gasteiger partial charge is 0.274 e. The molecule has 2 heterocycles. The Morgan fingerprint density at radius 3 is 2.48 bits per heavy atom. The van der Waals surface area contributed by atoms with E-state index in [1.807, 2.05) is 42.5 Å². The number of hydrogen-bond acceptors (Lipinski definition) is 3. The summed E-state index contributed by atoms with van der Waals surface area (Å²) in [4.78, 5) is 13.0. The molecule has 124 valence electrons. The fourth-order valence-electron chi connectivity index (χ4n) is 2.93. The number of nitrogens with zero attached hydrogens (tertiary/aromatic N) is 2. The molecule has 0 unspecified atom stereocenters. The van der Waals surface area contributed by atoms with Gasteiger partial charge in [0, 0.05) is 17.0 Å². The van der Waals surface area contributed by atoms with E-state index in [0.29, 0.717) is 17.0 Å². The van der Waals surface area contributed by atoms with E-state index < -0.39 is 0 Å². The second-order valence-corrected chi connectivity index (χ2v) is 6.24. The van der Waals surface area contributed by atoms with Crippen LogP contribution in [0.25, 0.3) is 0 Å². The number of benzene rings is 2. The SMILES string of the molecule is O=C(c1ccc(Cl)cc1)N1N=C(c2ccccc2)C[C@H]1c1ccco1. The quantitative estimate of drug-likeness (QED) is 0.672. The van der Waals surface area contributed by atoms with Gasteiger partial charge in [-0.1, -0.05) is 41.9 Å². The second-order valence-electron chi connectivity index (χ2n) is 5.80. The summed E-state index contributed by atoms with van der Waals surface area (Å²) in [7, 11) is 0. The standard InChI is InChI=1S/C20H15ClN2O2/c21-16-10-8-15(9-11-16)20(24)23-18(19-7-4-12-25-19)13-17(22-23)14-5-2-1-3-6-14/h1-12,18H,13H2/t18-/m0/s1. The van der Waals surface area contributed by atoms with Crippen LogP contribution < -0.4 is 0 Å². The van der Waals surface area contributed by atoms with Crippen molar-refractivity contribution in [3.8, 4) is 0 Å². The van der Waals surface area contributed by atoms with E-state index in [1.54, 1.807) is 30.5 Å². The zero-order chi connectivity index (χ0) is 17.2. The number of amides is 1. The van der Waals surface area contributed by atoms with Crippen LogP contribution in [0, 0.1) is 0 Å². The lowest BCUT2D eigenvalue weighted by Gasteiger charge is -2.19. The molecule has 5 heteroatoms. The molecular weight excluding hydrogens is 336 g/mol. The summed E-state index contributed by atoms with van der Waals surface area (Å²) in [6.45, 7) is 0. The van der Waals surface area contributed by atoms with Gasteiger partial charge in [-0.15, -0.1) is 0 Å². The summed E-state index contributed by atoms with van der Waals surface area (Å²) in [6.07, 6.45) is 2.22. The number of hydrazone groups is 1. The molecule has 1 atom stereocenters. The second kappa shape index (κ2) is 6.57. The number of carbonyl (C=O) groups excluding carboxylic acids is 1. The molecule has 4 nitrogen and oxygen atoms in total. The highest BCUT2D eigenvalue weighted by Crippen LogP contribution is 2.34. The molecule has 1 aliphatic rings. The predicted molar refractivity (Wildman–Crippen MR) is 96.7 cm³/mol. The topological polar surface area (TPSA) is 45.8 Å². The lowest BCUT2D eigenvalue weighted by Crippen LogP contribution is -2.26. The van der Waals surface area contributed by atoms with Crippen LogP contribution in [0.1, 0.15) is 34.1 Å². The van der Waals surface area contributed by atoms with Gasteiger partial charge in [-0.05, 0) is 42.0 Å². The van der Waals surface area contributed by atoms with Gasteiger partial charge >= 0.3 is 0 Å². The minimum Gasteiger partial charge on any atom is -0.467 e. The number of furan rings is 1. The van der Waals surface area contributed by atoms with Gasteiger partial charge in [0.15, 0.2) is 0 Å². The Labute approximate surface area is 150 Å². The van der Waals surface area contributed by atoms with E-state index in [-0.39, 0.29) is 11.9 Å². The summed E-state index contributed by atoms with van der Waals surface area (Å²) < 4.78 is 5.55. The lowest BCUT2D eigenvalue weighted by atomic mass is 10.0. The molecule has 3 aromatic rings. The van der Waals surface area contributed by atoms with Gasteiger partial charge in [0.25, 0.3) is 5.91 Å². The molecular formula is C20H15ClN2O2. The van der Waals surface area contributed by atoms with Gasteiger partial charge in [0.2, 0.25) is 0 Å². The third kappa shape index (κ3) is 3.08. The van der Waals surface area contributed by atoms with Crippen LogP contribution in [0.15, 0.2) is 82.5 Å². The molecule has 1 amide bonds. The van der Waals surface area contributed by atoms with E-state index in [9.17, 15) is 4.79 Å². The van der Waals surface area contributed by atoms with Crippen LogP contribution in [0.4, 0.5) is 0 Å². The van der Waals surface area contributed by atoms with Crippen molar-refractivity contribution in [2.75, 3.05) is 0 Å². The molecule has 0 N–H and O–H groups in total. The first-order valence-electron chi connectivity index (χ1n) is 7.98. The van der Waals surface area contributed by atoms with Gasteiger partial charge in [-0.25, -0.2) is 5.01 Å². The molecule has 25 heavy (non-hydrogen) atoms. The van der Waals surface area contributed by atoms with E-state index in [0.717, 1.165) is 17.0 Å². The van der Waals surface area contributed by atoms with Crippen LogP contribution in [0.2, 0.25) is 5.02 Å². The maximum Gasteiger partial charge on any atom is 0.274 e. The first-order chi connectivity index (χ1) is 12.2. The molecule has 1 aliphatic heterocycles. The van der Waals surface area contributed by atoms with Crippen molar-refractivity contribution in [1.29, 1.82) is 0 Å². The fraction of sp³-hybridized carbons (Fsp3) is 0.100. The third-order valence-corrected chi connectivity index (χ3v) is 4.44. The van der Waals surface area contributed by atoms with Crippen molar-refractivity contribution in [3.63, 3.8) is 0 Å². The highest BCUT2D eigenvalue weighted by Gasteiger charge is 2.35. The van der Waals surface area contributed by atoms with E-state index in [4.69, 9.17) is 16.0 Å². The minimum atomic E-state index is -0.256. The van der Waals surface area contributed by atoms with E-state index >= 15 is 0 Å². The van der Waals surface area contributed by atoms with Crippen LogP contribution in [-0.2, 0) is 0 Å². The molecule has 2 aromatic carbocycles. The summed E-state index contributed by atoms with van der Waals surface area (Å²) in [5, 5.41) is 6.70. The molecule has 0 saturated carbocycles. The average Bonchev–Trinajstić information content (AvgIpc) is 3.32. The number of hydrogen-bond donors (Lipinski definition) is 0. The highest BCUT2D eigenvalue weighted by atomic mass is 35.5. The molecule has 0 fully saturated rings. The Morgan fingerprint density at radius 1 is 1.04 bits per heavy atom. The highest BCUT2D eigenvalue weighted by molar-refractivity contribution is 6.30. The lowest BCUT2D eigenvalue weighted by molar-refractivity contribution is 0.0693. The summed E-state index contributed by atoms with van der Waals surface area (Å²) in [5.41, 5.74) is 2.41. The van der Waals surface area contributed by atoms with Crippen LogP contribution in [0.3, 0.4) is 0 Å². The molecule has 0 radical (unpaired) electrons. The molecule has 0 saturated heterocycles. The van der Waals surface area contributed by atoms with Crippen LogP contribution >= 0.6 is 11.6 Å². The molecule has 0 spiro atoms. The average molecular weight is 351 g/mol. The predicted octanol–water partition coefficient (Wildman–Crippen LogP) is 4.92. The minimum absolute atomic E-state index is 0.177. The summed E-state index contributed by atoms with van der Waals surface area (Å²) in [5.74, 6) is 0.543. The van der Waals surface area contributed by atoms with Gasteiger partial charge in [0.05, 0.1) is 12.0 Å². The molecule has 0 aliphatic carbocycles. The Bertz CT molecular complexity index is 903. The van der Waals surface area contributed by atoms with Gasteiger partial charge in [-0.2, -0.15) is 5.10 Å². The Kier molecular flexibility index (Phi) is 4.12. The normalized spacial score (nSPS) is 16.8. The maximum atomic E-state index is 13.0. The fourth-order valence-corrected chi connectivity index (χ4v) is 3.06. The van der Waals surface area contributed by atoms with Gasteiger partial charge in [0.1, 0.15) is 11.8 Å². The third-order valence-electron chi connectivity index (χ3n) is 4.19. The van der Waals surface area contributed by atoms with E-state index in [1.165, 1.54) is 5.01 Å².